The second-order valence-electron chi connectivity index (χ2n) is 5.49. The first-order valence-corrected chi connectivity index (χ1v) is 6.73. The number of aryl methyl sites for hydroxylation is 1. The fraction of sp³-hybridized carbons (Fsp3) is 0.643. The first-order chi connectivity index (χ1) is 8.68. The first-order valence-electron chi connectivity index (χ1n) is 6.73. The molecule has 1 N–H and O–H groups in total. The molecule has 0 radical (unpaired) electrons. The van der Waals surface area contributed by atoms with Crippen molar-refractivity contribution in [2.75, 3.05) is 6.54 Å². The molecule has 2 aliphatic rings. The molecule has 0 aromatic carbocycles. The van der Waals surface area contributed by atoms with Crippen LogP contribution in [0.25, 0.3) is 0 Å². The van der Waals surface area contributed by atoms with Gasteiger partial charge in [-0.25, -0.2) is 0 Å². The minimum absolute atomic E-state index is 0.235. The number of carboxylic acid groups (broad SMARTS) is 1. The van der Waals surface area contributed by atoms with Crippen molar-refractivity contribution in [3.63, 3.8) is 0 Å². The summed E-state index contributed by atoms with van der Waals surface area (Å²) in [7, 11) is 0. The molecule has 3 atom stereocenters. The second kappa shape index (κ2) is 4.43. The summed E-state index contributed by atoms with van der Waals surface area (Å²) < 4.78 is 5.49. The normalized spacial score (nSPS) is 32.4. The molecule has 1 aliphatic heterocycles. The Morgan fingerprint density at radius 1 is 1.50 bits per heavy atom. The van der Waals surface area contributed by atoms with E-state index >= 15 is 0 Å². The second-order valence-corrected chi connectivity index (χ2v) is 5.49. The van der Waals surface area contributed by atoms with Gasteiger partial charge in [-0.1, -0.05) is 6.92 Å². The Morgan fingerprint density at radius 2 is 2.33 bits per heavy atom. The Bertz CT molecular complexity index is 454. The molecule has 1 aromatic rings. The van der Waals surface area contributed by atoms with Crippen LogP contribution >= 0.6 is 0 Å². The Balaban J connectivity index is 1.90. The highest BCUT2D eigenvalue weighted by Gasteiger charge is 2.42. The Labute approximate surface area is 107 Å². The van der Waals surface area contributed by atoms with E-state index in [1.54, 1.807) is 6.26 Å². The van der Waals surface area contributed by atoms with E-state index in [2.05, 4.69) is 4.90 Å². The van der Waals surface area contributed by atoms with E-state index in [1.165, 1.54) is 5.56 Å². The number of carbonyl (C=O) groups is 1. The zero-order valence-electron chi connectivity index (χ0n) is 10.6. The van der Waals surface area contributed by atoms with Crippen molar-refractivity contribution >= 4 is 5.97 Å². The minimum Gasteiger partial charge on any atom is -0.480 e. The van der Waals surface area contributed by atoms with Crippen LogP contribution in [0, 0.1) is 5.92 Å². The number of rotatable bonds is 2. The van der Waals surface area contributed by atoms with Gasteiger partial charge in [-0.05, 0) is 37.8 Å². The number of furan rings is 1. The molecule has 1 aromatic heterocycles. The molecular formula is C14H19NO3. The number of carboxylic acids is 1. The highest BCUT2D eigenvalue weighted by Crippen LogP contribution is 2.40. The first kappa shape index (κ1) is 11.8. The van der Waals surface area contributed by atoms with Crippen LogP contribution in [-0.4, -0.2) is 28.6 Å². The van der Waals surface area contributed by atoms with Gasteiger partial charge in [0, 0.05) is 18.0 Å². The summed E-state index contributed by atoms with van der Waals surface area (Å²) in [6.45, 7) is 2.92. The molecule has 3 unspecified atom stereocenters. The molecule has 1 saturated heterocycles. The van der Waals surface area contributed by atoms with Gasteiger partial charge in [-0.3, -0.25) is 9.69 Å². The fourth-order valence-corrected chi connectivity index (χ4v) is 3.52. The minimum atomic E-state index is -0.685. The van der Waals surface area contributed by atoms with Gasteiger partial charge in [-0.15, -0.1) is 0 Å². The zero-order valence-corrected chi connectivity index (χ0v) is 10.6. The lowest BCUT2D eigenvalue weighted by Crippen LogP contribution is -2.42. The van der Waals surface area contributed by atoms with E-state index < -0.39 is 5.97 Å². The van der Waals surface area contributed by atoms with E-state index in [9.17, 15) is 9.90 Å². The van der Waals surface area contributed by atoms with Crippen LogP contribution in [0.5, 0.6) is 0 Å². The van der Waals surface area contributed by atoms with Gasteiger partial charge >= 0.3 is 5.97 Å². The third-order valence-corrected chi connectivity index (χ3v) is 4.41. The Hall–Kier alpha value is -1.29. The summed E-state index contributed by atoms with van der Waals surface area (Å²) in [4.78, 5) is 13.6. The standard InChI is InChI=1S/C14H19NO3/c1-9-5-7-15(13(9)14(16)17)11-3-2-4-12-10(11)6-8-18-12/h6,8-9,11,13H,2-5,7H2,1H3,(H,16,17). The van der Waals surface area contributed by atoms with Gasteiger partial charge in [0.2, 0.25) is 0 Å². The van der Waals surface area contributed by atoms with Crippen LogP contribution in [0.2, 0.25) is 0 Å². The smallest absolute Gasteiger partial charge is 0.321 e. The summed E-state index contributed by atoms with van der Waals surface area (Å²) in [6, 6.07) is 1.91. The van der Waals surface area contributed by atoms with E-state index in [4.69, 9.17) is 4.42 Å². The number of hydrogen-bond donors (Lipinski definition) is 1. The maximum absolute atomic E-state index is 11.5. The van der Waals surface area contributed by atoms with Gasteiger partial charge in [0.1, 0.15) is 11.8 Å². The topological polar surface area (TPSA) is 53.7 Å². The van der Waals surface area contributed by atoms with Crippen LogP contribution in [0.15, 0.2) is 16.7 Å². The fourth-order valence-electron chi connectivity index (χ4n) is 3.52. The predicted molar refractivity (Wildman–Crippen MR) is 66.3 cm³/mol. The number of hydrogen-bond acceptors (Lipinski definition) is 3. The maximum Gasteiger partial charge on any atom is 0.321 e. The summed E-state index contributed by atoms with van der Waals surface area (Å²) in [5.41, 5.74) is 1.21. The molecule has 0 bridgehead atoms. The largest absolute Gasteiger partial charge is 0.480 e. The van der Waals surface area contributed by atoms with E-state index in [1.807, 2.05) is 13.0 Å². The molecule has 18 heavy (non-hydrogen) atoms. The van der Waals surface area contributed by atoms with Crippen LogP contribution in [0.1, 0.15) is 43.6 Å². The number of nitrogens with zero attached hydrogens (tertiary/aromatic N) is 1. The van der Waals surface area contributed by atoms with Crippen molar-refractivity contribution in [2.24, 2.45) is 5.92 Å². The number of likely N-dealkylation sites (tertiary alicyclic amines) is 1. The highest BCUT2D eigenvalue weighted by atomic mass is 16.4. The predicted octanol–water partition coefficient (Wildman–Crippen LogP) is 2.45. The van der Waals surface area contributed by atoms with Gasteiger partial charge in [0.25, 0.3) is 0 Å². The SMILES string of the molecule is CC1CCN(C2CCCc3occc32)C1C(=O)O. The van der Waals surface area contributed by atoms with Gasteiger partial charge in [0.15, 0.2) is 0 Å². The molecule has 3 rings (SSSR count). The lowest BCUT2D eigenvalue weighted by Gasteiger charge is -2.34. The quantitative estimate of drug-likeness (QED) is 0.874. The average Bonchev–Trinajstić information content (AvgIpc) is 2.94. The summed E-state index contributed by atoms with van der Waals surface area (Å²) >= 11 is 0. The number of aliphatic carboxylic acids is 1. The average molecular weight is 249 g/mol. The Kier molecular flexibility index (Phi) is 2.90. The number of fused-ring (bicyclic) bond motifs is 1. The van der Waals surface area contributed by atoms with E-state index in [0.717, 1.165) is 38.0 Å². The molecule has 1 fully saturated rings. The molecule has 0 spiro atoms. The highest BCUT2D eigenvalue weighted by molar-refractivity contribution is 5.74. The summed E-state index contributed by atoms with van der Waals surface area (Å²) in [5.74, 6) is 0.602. The van der Waals surface area contributed by atoms with Crippen molar-refractivity contribution in [1.29, 1.82) is 0 Å². The Morgan fingerprint density at radius 3 is 3.11 bits per heavy atom. The van der Waals surface area contributed by atoms with Crippen molar-refractivity contribution in [3.05, 3.63) is 23.7 Å². The van der Waals surface area contributed by atoms with Crippen molar-refractivity contribution < 1.29 is 14.3 Å². The third kappa shape index (κ3) is 1.75. The van der Waals surface area contributed by atoms with Gasteiger partial charge < -0.3 is 9.52 Å². The van der Waals surface area contributed by atoms with Crippen LogP contribution in [0.4, 0.5) is 0 Å². The molecular weight excluding hydrogens is 230 g/mol. The molecule has 0 amide bonds. The molecule has 4 nitrogen and oxygen atoms in total. The van der Waals surface area contributed by atoms with Gasteiger partial charge in [-0.2, -0.15) is 0 Å². The lowest BCUT2D eigenvalue weighted by molar-refractivity contribution is -0.144. The molecule has 2 heterocycles. The van der Waals surface area contributed by atoms with Crippen molar-refractivity contribution in [3.8, 4) is 0 Å². The van der Waals surface area contributed by atoms with Crippen LogP contribution in [-0.2, 0) is 11.2 Å². The molecule has 0 saturated carbocycles. The van der Waals surface area contributed by atoms with Crippen LogP contribution < -0.4 is 0 Å². The summed E-state index contributed by atoms with van der Waals surface area (Å²) in [6.07, 6.45) is 5.82. The van der Waals surface area contributed by atoms with E-state index in [-0.39, 0.29) is 18.0 Å². The monoisotopic (exact) mass is 249 g/mol. The summed E-state index contributed by atoms with van der Waals surface area (Å²) in [5, 5.41) is 9.42. The zero-order chi connectivity index (χ0) is 12.7. The lowest BCUT2D eigenvalue weighted by atomic mass is 9.91. The molecule has 4 heteroatoms. The molecule has 1 aliphatic carbocycles. The maximum atomic E-state index is 11.5. The van der Waals surface area contributed by atoms with Crippen molar-refractivity contribution in [2.45, 2.75) is 44.7 Å². The van der Waals surface area contributed by atoms with E-state index in [0.29, 0.717) is 0 Å². The van der Waals surface area contributed by atoms with Crippen molar-refractivity contribution in [1.82, 2.24) is 4.90 Å². The van der Waals surface area contributed by atoms with Gasteiger partial charge in [0.05, 0.1) is 6.26 Å². The molecule has 98 valence electrons. The third-order valence-electron chi connectivity index (χ3n) is 4.41. The van der Waals surface area contributed by atoms with Crippen LogP contribution in [0.3, 0.4) is 0 Å².